The van der Waals surface area contributed by atoms with E-state index in [0.717, 1.165) is 15.7 Å². The Balaban J connectivity index is 2.09. The summed E-state index contributed by atoms with van der Waals surface area (Å²) in [5.74, 6) is 0.115. The van der Waals surface area contributed by atoms with Crippen LogP contribution in [-0.2, 0) is 20.0 Å². The van der Waals surface area contributed by atoms with E-state index < -0.39 is 15.3 Å². The summed E-state index contributed by atoms with van der Waals surface area (Å²) in [5, 5.41) is 2.86. The Labute approximate surface area is 114 Å². The van der Waals surface area contributed by atoms with Crippen molar-refractivity contribution in [3.05, 3.63) is 28.2 Å². The van der Waals surface area contributed by atoms with E-state index in [-0.39, 0.29) is 17.4 Å². The molecule has 6 heteroatoms. The lowest BCUT2D eigenvalue weighted by atomic mass is 9.76. The quantitative estimate of drug-likeness (QED) is 0.790. The largest absolute Gasteiger partial charge is 0.325 e. The van der Waals surface area contributed by atoms with Gasteiger partial charge in [-0.3, -0.25) is 4.79 Å². The molecule has 0 radical (unpaired) electrons. The predicted octanol–water partition coefficient (Wildman–Crippen LogP) is 1.85. The second-order valence-electron chi connectivity index (χ2n) is 4.88. The van der Waals surface area contributed by atoms with Crippen molar-refractivity contribution in [2.45, 2.75) is 18.3 Å². The van der Waals surface area contributed by atoms with Crippen LogP contribution in [0.15, 0.2) is 22.7 Å². The number of hydrogen-bond donors (Lipinski definition) is 1. The van der Waals surface area contributed by atoms with Gasteiger partial charge < -0.3 is 5.32 Å². The van der Waals surface area contributed by atoms with Gasteiger partial charge in [-0.2, -0.15) is 0 Å². The molecule has 0 unspecified atom stereocenters. The van der Waals surface area contributed by atoms with Crippen LogP contribution in [0.3, 0.4) is 0 Å². The van der Waals surface area contributed by atoms with E-state index >= 15 is 0 Å². The maximum atomic E-state index is 12.2. The normalized spacial score (nSPS) is 23.7. The zero-order chi connectivity index (χ0) is 13.0. The van der Waals surface area contributed by atoms with Crippen molar-refractivity contribution in [2.75, 3.05) is 16.8 Å². The van der Waals surface area contributed by atoms with Crippen molar-refractivity contribution in [3.8, 4) is 0 Å². The molecule has 3 rings (SSSR count). The van der Waals surface area contributed by atoms with E-state index in [0.29, 0.717) is 12.8 Å². The first-order valence-electron chi connectivity index (χ1n) is 5.75. The maximum absolute atomic E-state index is 12.2. The Morgan fingerprint density at radius 2 is 1.89 bits per heavy atom. The van der Waals surface area contributed by atoms with E-state index in [1.165, 1.54) is 0 Å². The smallest absolute Gasteiger partial charge is 0.235 e. The zero-order valence-electron chi connectivity index (χ0n) is 9.57. The number of hydrogen-bond acceptors (Lipinski definition) is 3. The van der Waals surface area contributed by atoms with Crippen molar-refractivity contribution in [1.82, 2.24) is 0 Å². The highest BCUT2D eigenvalue weighted by atomic mass is 79.9. The molecule has 1 N–H and O–H groups in total. The van der Waals surface area contributed by atoms with Gasteiger partial charge in [0.05, 0.1) is 16.9 Å². The molecule has 1 saturated heterocycles. The standard InChI is InChI=1S/C12H12BrNO3S/c13-8-1-2-10-9(7-8)12(11(15)14-10)3-5-18(16,17)6-4-12/h1-2,7H,3-6H2,(H,14,15). The molecule has 2 aliphatic rings. The molecule has 4 nitrogen and oxygen atoms in total. The van der Waals surface area contributed by atoms with Crippen molar-refractivity contribution in [1.29, 1.82) is 0 Å². The molecule has 0 aromatic heterocycles. The van der Waals surface area contributed by atoms with Gasteiger partial charge in [-0.15, -0.1) is 0 Å². The molecule has 2 heterocycles. The van der Waals surface area contributed by atoms with E-state index in [4.69, 9.17) is 0 Å². The number of carbonyl (C=O) groups excluding carboxylic acids is 1. The van der Waals surface area contributed by atoms with E-state index in [2.05, 4.69) is 21.2 Å². The minimum absolute atomic E-state index is 0.0644. The van der Waals surface area contributed by atoms with Gasteiger partial charge in [-0.1, -0.05) is 15.9 Å². The summed E-state index contributed by atoms with van der Waals surface area (Å²) in [5.41, 5.74) is 1.09. The number of carbonyl (C=O) groups is 1. The Bertz CT molecular complexity index is 625. The third-order valence-corrected chi connectivity index (χ3v) is 6.01. The van der Waals surface area contributed by atoms with Crippen molar-refractivity contribution in [2.24, 2.45) is 0 Å². The van der Waals surface area contributed by atoms with Crippen molar-refractivity contribution in [3.63, 3.8) is 0 Å². The second-order valence-corrected chi connectivity index (χ2v) is 8.10. The van der Waals surface area contributed by atoms with Crippen LogP contribution < -0.4 is 5.32 Å². The molecule has 96 valence electrons. The molecule has 0 aliphatic carbocycles. The number of sulfone groups is 1. The molecule has 0 atom stereocenters. The SMILES string of the molecule is O=C1Nc2ccc(Br)cc2C12CCS(=O)(=O)CC2. The predicted molar refractivity (Wildman–Crippen MR) is 72.3 cm³/mol. The van der Waals surface area contributed by atoms with Crippen LogP contribution in [0, 0.1) is 0 Å². The highest BCUT2D eigenvalue weighted by Crippen LogP contribution is 2.46. The number of anilines is 1. The molecular formula is C12H12BrNO3S. The topological polar surface area (TPSA) is 63.2 Å². The van der Waals surface area contributed by atoms with Gasteiger partial charge >= 0.3 is 0 Å². The first kappa shape index (κ1) is 12.2. The molecule has 0 saturated carbocycles. The molecule has 1 aromatic rings. The Morgan fingerprint density at radius 3 is 2.56 bits per heavy atom. The van der Waals surface area contributed by atoms with Gasteiger partial charge in [0.2, 0.25) is 5.91 Å². The Morgan fingerprint density at radius 1 is 1.22 bits per heavy atom. The molecule has 1 spiro atoms. The summed E-state index contributed by atoms with van der Waals surface area (Å²) >= 11 is 3.40. The molecule has 0 bridgehead atoms. The monoisotopic (exact) mass is 329 g/mol. The van der Waals surface area contributed by atoms with Crippen LogP contribution in [0.5, 0.6) is 0 Å². The highest BCUT2D eigenvalue weighted by Gasteiger charge is 2.49. The lowest BCUT2D eigenvalue weighted by Crippen LogP contribution is -2.42. The third-order valence-electron chi connectivity index (χ3n) is 3.86. The minimum Gasteiger partial charge on any atom is -0.325 e. The summed E-state index contributed by atoms with van der Waals surface area (Å²) in [6, 6.07) is 5.65. The Kier molecular flexibility index (Phi) is 2.57. The van der Waals surface area contributed by atoms with Gasteiger partial charge in [-0.25, -0.2) is 8.42 Å². The van der Waals surface area contributed by atoms with E-state index in [9.17, 15) is 13.2 Å². The first-order chi connectivity index (χ1) is 8.43. The fourth-order valence-corrected chi connectivity index (χ4v) is 4.65. The summed E-state index contributed by atoms with van der Waals surface area (Å²) < 4.78 is 24.0. The number of nitrogens with one attached hydrogen (secondary N) is 1. The number of rotatable bonds is 0. The van der Waals surface area contributed by atoms with Gasteiger partial charge in [0, 0.05) is 10.2 Å². The average molecular weight is 330 g/mol. The second kappa shape index (κ2) is 3.81. The molecular weight excluding hydrogens is 318 g/mol. The summed E-state index contributed by atoms with van der Waals surface area (Å²) in [4.78, 5) is 12.2. The van der Waals surface area contributed by atoms with Gasteiger partial charge in [-0.05, 0) is 36.6 Å². The summed E-state index contributed by atoms with van der Waals surface area (Å²) in [6.45, 7) is 0. The molecule has 1 amide bonds. The highest BCUT2D eigenvalue weighted by molar-refractivity contribution is 9.10. The van der Waals surface area contributed by atoms with Crippen molar-refractivity contribution < 1.29 is 13.2 Å². The number of amides is 1. The van der Waals surface area contributed by atoms with Gasteiger partial charge in [0.25, 0.3) is 0 Å². The van der Waals surface area contributed by atoms with Crippen LogP contribution >= 0.6 is 15.9 Å². The van der Waals surface area contributed by atoms with Crippen LogP contribution in [0.1, 0.15) is 18.4 Å². The molecule has 1 aromatic carbocycles. The molecule has 18 heavy (non-hydrogen) atoms. The van der Waals surface area contributed by atoms with Crippen molar-refractivity contribution >= 4 is 37.4 Å². The van der Waals surface area contributed by atoms with E-state index in [1.54, 1.807) is 0 Å². The number of halogens is 1. The van der Waals surface area contributed by atoms with Gasteiger partial charge in [0.15, 0.2) is 0 Å². The summed E-state index contributed by atoms with van der Waals surface area (Å²) in [7, 11) is -2.97. The fourth-order valence-electron chi connectivity index (χ4n) is 2.77. The summed E-state index contributed by atoms with van der Waals surface area (Å²) in [6.07, 6.45) is 0.759. The van der Waals surface area contributed by atoms with Crippen LogP contribution in [0.4, 0.5) is 5.69 Å². The fraction of sp³-hybridized carbons (Fsp3) is 0.417. The van der Waals surface area contributed by atoms with Crippen LogP contribution in [0.2, 0.25) is 0 Å². The lowest BCUT2D eigenvalue weighted by Gasteiger charge is -2.31. The lowest BCUT2D eigenvalue weighted by molar-refractivity contribution is -0.121. The average Bonchev–Trinajstić information content (AvgIpc) is 2.57. The molecule has 2 aliphatic heterocycles. The number of benzene rings is 1. The minimum atomic E-state index is -2.97. The van der Waals surface area contributed by atoms with E-state index in [1.807, 2.05) is 18.2 Å². The number of fused-ring (bicyclic) bond motifs is 2. The zero-order valence-corrected chi connectivity index (χ0v) is 12.0. The maximum Gasteiger partial charge on any atom is 0.235 e. The Hall–Kier alpha value is -0.880. The first-order valence-corrected chi connectivity index (χ1v) is 8.36. The molecule has 1 fully saturated rings. The third kappa shape index (κ3) is 1.70. The van der Waals surface area contributed by atoms with Crippen LogP contribution in [0.25, 0.3) is 0 Å². The van der Waals surface area contributed by atoms with Crippen LogP contribution in [-0.4, -0.2) is 25.8 Å². The van der Waals surface area contributed by atoms with Gasteiger partial charge in [0.1, 0.15) is 9.84 Å².